The Labute approximate surface area is 165 Å². The quantitative estimate of drug-likeness (QED) is 0.530. The number of anilines is 2. The molecule has 2 aromatic carbocycles. The first kappa shape index (κ1) is 21.0. The van der Waals surface area contributed by atoms with E-state index in [1.807, 2.05) is 24.3 Å². The molecule has 0 bridgehead atoms. The lowest BCUT2D eigenvalue weighted by atomic mass is 10.1. The summed E-state index contributed by atoms with van der Waals surface area (Å²) in [6, 6.07) is 8.20. The maximum Gasteiger partial charge on any atom is 0.253 e. The smallest absolute Gasteiger partial charge is 0.253 e. The van der Waals surface area contributed by atoms with Gasteiger partial charge in [0.05, 0.1) is 0 Å². The molecular weight excluding hydrogens is 366 g/mol. The van der Waals surface area contributed by atoms with Gasteiger partial charge in [-0.3, -0.25) is 14.5 Å². The van der Waals surface area contributed by atoms with Gasteiger partial charge in [0.2, 0.25) is 0 Å². The van der Waals surface area contributed by atoms with E-state index in [0.29, 0.717) is 13.2 Å². The second-order valence-corrected chi connectivity index (χ2v) is 6.59. The summed E-state index contributed by atoms with van der Waals surface area (Å²) in [4.78, 5) is 24.7. The summed E-state index contributed by atoms with van der Waals surface area (Å²) in [7, 11) is 0. The average molecular weight is 392 g/mol. The Balaban J connectivity index is 0.00000261. The first-order valence-electron chi connectivity index (χ1n) is 9.07. The van der Waals surface area contributed by atoms with E-state index in [0.717, 1.165) is 12.3 Å². The van der Waals surface area contributed by atoms with Gasteiger partial charge in [0.1, 0.15) is 23.7 Å². The second kappa shape index (κ2) is 10.1. The summed E-state index contributed by atoms with van der Waals surface area (Å²) in [5.74, 6) is 0.851. The summed E-state index contributed by atoms with van der Waals surface area (Å²) in [5.41, 5.74) is 5.80. The molecule has 1 fully saturated rings. The van der Waals surface area contributed by atoms with Crippen LogP contribution in [0.4, 0.5) is 11.4 Å². The van der Waals surface area contributed by atoms with Crippen LogP contribution in [-0.2, 0) is 6.54 Å². The fraction of sp³-hybridized carbons (Fsp3) is 0.400. The third-order valence-corrected chi connectivity index (χ3v) is 4.61. The number of nitrogens with zero attached hydrogens (tertiary/aromatic N) is 1. The molecule has 0 saturated carbocycles. The van der Waals surface area contributed by atoms with Gasteiger partial charge in [-0.25, -0.2) is 0 Å². The highest BCUT2D eigenvalue weighted by atomic mass is 35.5. The molecule has 3 rings (SSSR count). The third-order valence-electron chi connectivity index (χ3n) is 4.61. The number of nitrogens with one attached hydrogen (secondary N) is 1. The van der Waals surface area contributed by atoms with E-state index in [9.17, 15) is 9.59 Å². The Morgan fingerprint density at radius 2 is 1.89 bits per heavy atom. The zero-order valence-electron chi connectivity index (χ0n) is 15.3. The molecule has 0 amide bonds. The van der Waals surface area contributed by atoms with Crippen LogP contribution in [0.2, 0.25) is 0 Å². The van der Waals surface area contributed by atoms with Gasteiger partial charge in [0, 0.05) is 13.1 Å². The highest BCUT2D eigenvalue weighted by Gasteiger charge is 2.16. The number of halogens is 1. The van der Waals surface area contributed by atoms with Crippen molar-refractivity contribution in [2.45, 2.75) is 25.8 Å². The number of likely N-dealkylation sites (tertiary alicyclic amines) is 1. The van der Waals surface area contributed by atoms with Crippen LogP contribution in [0.25, 0.3) is 0 Å². The average Bonchev–Trinajstić information content (AvgIpc) is 2.67. The third kappa shape index (κ3) is 5.58. The Morgan fingerprint density at radius 3 is 2.63 bits per heavy atom. The van der Waals surface area contributed by atoms with E-state index < -0.39 is 10.9 Å². The Morgan fingerprint density at radius 1 is 1.11 bits per heavy atom. The van der Waals surface area contributed by atoms with Crippen molar-refractivity contribution < 1.29 is 4.74 Å². The molecule has 6 nitrogen and oxygen atoms in total. The van der Waals surface area contributed by atoms with E-state index in [1.54, 1.807) is 0 Å². The number of hydrogen-bond donors (Lipinski definition) is 2. The van der Waals surface area contributed by atoms with E-state index in [2.05, 4.69) is 22.3 Å². The number of nitrogens with two attached hydrogens (primary N) is 1. The molecule has 27 heavy (non-hydrogen) atoms. The molecule has 0 radical (unpaired) electrons. The zero-order valence-corrected chi connectivity index (χ0v) is 16.1. The Hall–Kier alpha value is -2.31. The van der Waals surface area contributed by atoms with Gasteiger partial charge in [-0.15, -0.1) is 12.4 Å². The SMILES string of the molecule is Cl.Nc1c(NCC=CCOc2cccc(CN3CCCCC3)c2)c(=O)c1=O. The number of nitrogen functional groups attached to an aromatic ring is 1. The van der Waals surface area contributed by atoms with Crippen molar-refractivity contribution in [1.29, 1.82) is 0 Å². The van der Waals surface area contributed by atoms with Gasteiger partial charge in [0.15, 0.2) is 0 Å². The zero-order chi connectivity index (χ0) is 18.4. The van der Waals surface area contributed by atoms with Crippen molar-refractivity contribution in [2.75, 3.05) is 37.3 Å². The van der Waals surface area contributed by atoms with Crippen LogP contribution in [0.15, 0.2) is 46.0 Å². The molecule has 3 N–H and O–H groups in total. The number of ether oxygens (including phenoxy) is 1. The van der Waals surface area contributed by atoms with Crippen molar-refractivity contribution in [1.82, 2.24) is 4.90 Å². The fourth-order valence-corrected chi connectivity index (χ4v) is 3.15. The summed E-state index contributed by atoms with van der Waals surface area (Å²) >= 11 is 0. The molecule has 1 heterocycles. The molecule has 146 valence electrons. The first-order chi connectivity index (χ1) is 12.6. The Bertz CT molecular complexity index is 837. The molecule has 0 aromatic heterocycles. The summed E-state index contributed by atoms with van der Waals surface area (Å²) in [6.45, 7) is 4.19. The molecule has 2 aromatic rings. The molecule has 0 atom stereocenters. The van der Waals surface area contributed by atoms with Crippen LogP contribution in [0.1, 0.15) is 24.8 Å². The van der Waals surface area contributed by atoms with Crippen molar-refractivity contribution >= 4 is 23.8 Å². The highest BCUT2D eigenvalue weighted by molar-refractivity contribution is 5.85. The number of benzene rings is 1. The summed E-state index contributed by atoms with van der Waals surface area (Å²) in [6.07, 6.45) is 7.63. The maximum absolute atomic E-state index is 11.2. The highest BCUT2D eigenvalue weighted by Crippen LogP contribution is 2.17. The van der Waals surface area contributed by atoms with Crippen LogP contribution in [0.3, 0.4) is 0 Å². The minimum atomic E-state index is -0.607. The van der Waals surface area contributed by atoms with Gasteiger partial charge in [-0.2, -0.15) is 0 Å². The molecule has 1 aliphatic rings. The van der Waals surface area contributed by atoms with Crippen molar-refractivity contribution in [3.8, 4) is 5.75 Å². The topological polar surface area (TPSA) is 84.7 Å². The fourth-order valence-electron chi connectivity index (χ4n) is 3.15. The normalized spacial score (nSPS) is 15.0. The number of rotatable bonds is 8. The largest absolute Gasteiger partial charge is 0.490 e. The lowest BCUT2D eigenvalue weighted by Gasteiger charge is -2.26. The van der Waals surface area contributed by atoms with Crippen molar-refractivity contribution in [2.24, 2.45) is 0 Å². The van der Waals surface area contributed by atoms with Crippen LogP contribution in [0.5, 0.6) is 5.75 Å². The van der Waals surface area contributed by atoms with E-state index in [1.165, 1.54) is 37.9 Å². The van der Waals surface area contributed by atoms with Crippen molar-refractivity contribution in [3.63, 3.8) is 0 Å². The minimum absolute atomic E-state index is 0. The van der Waals surface area contributed by atoms with Gasteiger partial charge in [-0.1, -0.05) is 24.6 Å². The van der Waals surface area contributed by atoms with Crippen LogP contribution < -0.4 is 26.6 Å². The minimum Gasteiger partial charge on any atom is -0.490 e. The van der Waals surface area contributed by atoms with Gasteiger partial charge >= 0.3 is 0 Å². The predicted octanol–water partition coefficient (Wildman–Crippen LogP) is 2.32. The second-order valence-electron chi connectivity index (χ2n) is 6.59. The maximum atomic E-state index is 11.2. The van der Waals surface area contributed by atoms with Gasteiger partial charge in [-0.05, 0) is 49.7 Å². The first-order valence-corrected chi connectivity index (χ1v) is 9.07. The molecular formula is C20H26ClN3O3. The molecule has 1 saturated heterocycles. The summed E-state index contributed by atoms with van der Waals surface area (Å²) < 4.78 is 5.75. The van der Waals surface area contributed by atoms with E-state index in [-0.39, 0.29) is 23.8 Å². The standard InChI is InChI=1S/C20H25N3O3.ClH/c21-17-18(20(25)19(17)24)22-9-2-5-12-26-16-8-6-7-15(13-16)14-23-10-3-1-4-11-23;/h2,5-8,13,22H,1,3-4,9-12,14,21H2;1H. The van der Waals surface area contributed by atoms with Gasteiger partial charge < -0.3 is 15.8 Å². The van der Waals surface area contributed by atoms with Crippen LogP contribution in [0, 0.1) is 0 Å². The number of piperidine rings is 1. The lowest BCUT2D eigenvalue weighted by molar-refractivity contribution is 0.220. The molecule has 7 heteroatoms. The van der Waals surface area contributed by atoms with Crippen molar-refractivity contribution in [3.05, 3.63) is 62.4 Å². The van der Waals surface area contributed by atoms with Crippen LogP contribution in [-0.4, -0.2) is 31.1 Å². The summed E-state index contributed by atoms with van der Waals surface area (Å²) in [5, 5.41) is 2.84. The monoisotopic (exact) mass is 391 g/mol. The molecule has 1 aliphatic heterocycles. The number of hydrogen-bond acceptors (Lipinski definition) is 6. The van der Waals surface area contributed by atoms with E-state index in [4.69, 9.17) is 10.5 Å². The Kier molecular flexibility index (Phi) is 7.88. The van der Waals surface area contributed by atoms with Gasteiger partial charge in [0.25, 0.3) is 10.9 Å². The predicted molar refractivity (Wildman–Crippen MR) is 112 cm³/mol. The van der Waals surface area contributed by atoms with Crippen LogP contribution >= 0.6 is 12.4 Å². The molecule has 0 spiro atoms. The molecule has 0 aliphatic carbocycles. The molecule has 0 unspecified atom stereocenters. The lowest BCUT2D eigenvalue weighted by Crippen LogP contribution is -2.37. The van der Waals surface area contributed by atoms with E-state index >= 15 is 0 Å².